The molecule has 2 aromatic rings. The van der Waals surface area contributed by atoms with Gasteiger partial charge in [0.1, 0.15) is 11.9 Å². The first-order chi connectivity index (χ1) is 6.24. The summed E-state index contributed by atoms with van der Waals surface area (Å²) in [5.41, 5.74) is 1.64. The van der Waals surface area contributed by atoms with Gasteiger partial charge in [0.05, 0.1) is 7.11 Å². The molecule has 0 fully saturated rings. The molecule has 0 atom stereocenters. The number of ether oxygens (including phenoxy) is 1. The highest BCUT2D eigenvalue weighted by atomic mass is 16.5. The Balaban J connectivity index is 2.70. The second-order valence-electron chi connectivity index (χ2n) is 2.63. The number of nitrogens with one attached hydrogen (secondary N) is 1. The molecule has 2 heterocycles. The van der Waals surface area contributed by atoms with Crippen molar-refractivity contribution < 1.29 is 9.53 Å². The van der Waals surface area contributed by atoms with E-state index in [9.17, 15) is 4.79 Å². The number of hydrogen-bond donors (Lipinski definition) is 1. The third kappa shape index (κ3) is 0.986. The molecular formula is C7H8N4O2. The molecule has 68 valence electrons. The Bertz CT molecular complexity index is 456. The molecule has 0 unspecified atom stereocenters. The zero-order valence-corrected chi connectivity index (χ0v) is 7.24. The van der Waals surface area contributed by atoms with Crippen molar-refractivity contribution in [3.8, 4) is 0 Å². The van der Waals surface area contributed by atoms with Crippen molar-refractivity contribution in [3.63, 3.8) is 0 Å². The molecule has 0 aliphatic heterocycles. The smallest absolute Gasteiger partial charge is 0.343 e. The van der Waals surface area contributed by atoms with E-state index in [2.05, 4.69) is 20.0 Å². The van der Waals surface area contributed by atoms with Crippen LogP contribution in [0.2, 0.25) is 0 Å². The minimum atomic E-state index is -0.406. The number of esters is 1. The zero-order chi connectivity index (χ0) is 9.42. The maximum atomic E-state index is 11.3. The number of aromatic nitrogens is 4. The van der Waals surface area contributed by atoms with Crippen LogP contribution in [0.4, 0.5) is 0 Å². The number of rotatable bonds is 1. The molecule has 0 amide bonds. The molecule has 0 aliphatic carbocycles. The highest BCUT2D eigenvalue weighted by Gasteiger charge is 2.18. The summed E-state index contributed by atoms with van der Waals surface area (Å²) >= 11 is 0. The minimum absolute atomic E-state index is 0.406. The van der Waals surface area contributed by atoms with Gasteiger partial charge in [-0.15, -0.1) is 10.2 Å². The maximum Gasteiger partial charge on any atom is 0.343 e. The van der Waals surface area contributed by atoms with Gasteiger partial charge in [-0.3, -0.25) is 5.10 Å². The Morgan fingerprint density at radius 1 is 1.69 bits per heavy atom. The van der Waals surface area contributed by atoms with Gasteiger partial charge in [-0.05, 0) is 6.92 Å². The van der Waals surface area contributed by atoms with E-state index in [1.807, 2.05) is 0 Å². The average Bonchev–Trinajstić information content (AvgIpc) is 2.62. The third-order valence-corrected chi connectivity index (χ3v) is 1.82. The summed E-state index contributed by atoms with van der Waals surface area (Å²) in [7, 11) is 1.33. The molecule has 0 aromatic carbocycles. The van der Waals surface area contributed by atoms with E-state index in [1.165, 1.54) is 13.4 Å². The lowest BCUT2D eigenvalue weighted by Gasteiger charge is -1.94. The van der Waals surface area contributed by atoms with Gasteiger partial charge in [0.15, 0.2) is 5.65 Å². The van der Waals surface area contributed by atoms with Crippen molar-refractivity contribution in [2.24, 2.45) is 0 Å². The number of hydrogen-bond acceptors (Lipinski definition) is 4. The topological polar surface area (TPSA) is 72.3 Å². The second-order valence-corrected chi connectivity index (χ2v) is 2.63. The highest BCUT2D eigenvalue weighted by Crippen LogP contribution is 2.12. The summed E-state index contributed by atoms with van der Waals surface area (Å²) in [5.74, 6) is -0.406. The van der Waals surface area contributed by atoms with Gasteiger partial charge in [-0.25, -0.2) is 9.31 Å². The third-order valence-electron chi connectivity index (χ3n) is 1.82. The Labute approximate surface area is 73.5 Å². The number of nitrogens with zero attached hydrogens (tertiary/aromatic N) is 3. The molecule has 6 heteroatoms. The number of aromatic amines is 1. The molecule has 0 spiro atoms. The predicted molar refractivity (Wildman–Crippen MR) is 43.4 cm³/mol. The number of aryl methyl sites for hydroxylation is 1. The molecule has 0 saturated heterocycles. The fourth-order valence-corrected chi connectivity index (χ4v) is 1.24. The van der Waals surface area contributed by atoms with Gasteiger partial charge in [0.25, 0.3) is 0 Å². The summed E-state index contributed by atoms with van der Waals surface area (Å²) in [4.78, 5) is 11.3. The fourth-order valence-electron chi connectivity index (χ4n) is 1.24. The van der Waals surface area contributed by atoms with Crippen LogP contribution in [-0.4, -0.2) is 32.9 Å². The van der Waals surface area contributed by atoms with Gasteiger partial charge >= 0.3 is 5.97 Å². The van der Waals surface area contributed by atoms with Crippen molar-refractivity contribution in [2.45, 2.75) is 6.92 Å². The summed E-state index contributed by atoms with van der Waals surface area (Å²) in [6, 6.07) is 0. The molecule has 0 bridgehead atoms. The highest BCUT2D eigenvalue weighted by molar-refractivity contribution is 5.96. The van der Waals surface area contributed by atoms with Crippen LogP contribution in [0.1, 0.15) is 16.1 Å². The Morgan fingerprint density at radius 3 is 3.15 bits per heavy atom. The molecule has 0 aliphatic rings. The summed E-state index contributed by atoms with van der Waals surface area (Å²) in [6.45, 7) is 1.78. The zero-order valence-electron chi connectivity index (χ0n) is 7.24. The number of fused-ring (bicyclic) bond motifs is 1. The summed E-state index contributed by atoms with van der Waals surface area (Å²) < 4.78 is 6.18. The van der Waals surface area contributed by atoms with Crippen molar-refractivity contribution >= 4 is 11.6 Å². The van der Waals surface area contributed by atoms with E-state index in [0.29, 0.717) is 11.2 Å². The summed E-state index contributed by atoms with van der Waals surface area (Å²) in [5, 5.41) is 10.4. The monoisotopic (exact) mass is 180 g/mol. The van der Waals surface area contributed by atoms with Crippen molar-refractivity contribution in [1.82, 2.24) is 19.8 Å². The molecule has 13 heavy (non-hydrogen) atoms. The summed E-state index contributed by atoms with van der Waals surface area (Å²) in [6.07, 6.45) is 1.49. The number of H-pyrrole nitrogens is 1. The number of carbonyl (C=O) groups is 1. The number of carbonyl (C=O) groups excluding carboxylic acids is 1. The fraction of sp³-hybridized carbons (Fsp3) is 0.286. The molecule has 2 rings (SSSR count). The van der Waals surface area contributed by atoms with Crippen LogP contribution in [0, 0.1) is 6.92 Å². The minimum Gasteiger partial charge on any atom is -0.465 e. The molecule has 6 nitrogen and oxygen atoms in total. The van der Waals surface area contributed by atoms with Gasteiger partial charge in [0, 0.05) is 5.69 Å². The first-order valence-corrected chi connectivity index (χ1v) is 3.70. The molecule has 0 saturated carbocycles. The Hall–Kier alpha value is -1.85. The largest absolute Gasteiger partial charge is 0.465 e. The lowest BCUT2D eigenvalue weighted by atomic mass is 10.2. The lowest BCUT2D eigenvalue weighted by Crippen LogP contribution is -2.02. The number of methoxy groups -OCH3 is 1. The van der Waals surface area contributed by atoms with Gasteiger partial charge in [-0.2, -0.15) is 0 Å². The molecule has 1 N–H and O–H groups in total. The van der Waals surface area contributed by atoms with E-state index in [4.69, 9.17) is 0 Å². The van der Waals surface area contributed by atoms with E-state index in [-0.39, 0.29) is 0 Å². The van der Waals surface area contributed by atoms with E-state index in [0.717, 1.165) is 5.69 Å². The van der Waals surface area contributed by atoms with Gasteiger partial charge in [0.2, 0.25) is 0 Å². The molecular weight excluding hydrogens is 172 g/mol. The van der Waals surface area contributed by atoms with E-state index < -0.39 is 5.97 Å². The van der Waals surface area contributed by atoms with Crippen LogP contribution in [-0.2, 0) is 4.74 Å². The second kappa shape index (κ2) is 2.58. The average molecular weight is 180 g/mol. The SMILES string of the molecule is COC(=O)c1c(C)[nH]n2cnnc12. The van der Waals surface area contributed by atoms with Crippen molar-refractivity contribution in [2.75, 3.05) is 7.11 Å². The first kappa shape index (κ1) is 7.78. The lowest BCUT2D eigenvalue weighted by molar-refractivity contribution is 0.0602. The van der Waals surface area contributed by atoms with Crippen LogP contribution in [0.3, 0.4) is 0 Å². The van der Waals surface area contributed by atoms with Crippen LogP contribution in [0.15, 0.2) is 6.33 Å². The van der Waals surface area contributed by atoms with Gasteiger partial charge in [-0.1, -0.05) is 0 Å². The van der Waals surface area contributed by atoms with Gasteiger partial charge < -0.3 is 4.74 Å². The van der Waals surface area contributed by atoms with Crippen molar-refractivity contribution in [3.05, 3.63) is 17.6 Å². The predicted octanol–water partition coefficient (Wildman–Crippen LogP) is 0.152. The van der Waals surface area contributed by atoms with Crippen LogP contribution in [0.5, 0.6) is 0 Å². The van der Waals surface area contributed by atoms with E-state index in [1.54, 1.807) is 11.4 Å². The van der Waals surface area contributed by atoms with Crippen molar-refractivity contribution in [1.29, 1.82) is 0 Å². The first-order valence-electron chi connectivity index (χ1n) is 3.70. The normalized spacial score (nSPS) is 10.6. The van der Waals surface area contributed by atoms with Crippen LogP contribution in [0.25, 0.3) is 5.65 Å². The molecule has 2 aromatic heterocycles. The van der Waals surface area contributed by atoms with Crippen LogP contribution >= 0.6 is 0 Å². The van der Waals surface area contributed by atoms with Crippen LogP contribution < -0.4 is 0 Å². The van der Waals surface area contributed by atoms with E-state index >= 15 is 0 Å². The molecule has 0 radical (unpaired) electrons. The quantitative estimate of drug-likeness (QED) is 0.634. The maximum absolute atomic E-state index is 11.3. The standard InChI is InChI=1S/C7H8N4O2/c1-4-5(7(12)13-2)6-9-8-3-11(6)10-4/h3,10H,1-2H3. The Morgan fingerprint density at radius 2 is 2.46 bits per heavy atom. The Kier molecular flexibility index (Phi) is 1.54.